The lowest BCUT2D eigenvalue weighted by molar-refractivity contribution is 0.0691. The second kappa shape index (κ2) is 12.7. The Kier molecular flexibility index (Phi) is 9.29. The van der Waals surface area contributed by atoms with Crippen molar-refractivity contribution in [1.82, 2.24) is 4.98 Å². The fourth-order valence-electron chi connectivity index (χ4n) is 4.49. The summed E-state index contributed by atoms with van der Waals surface area (Å²) in [5.74, 6) is -0.549. The summed E-state index contributed by atoms with van der Waals surface area (Å²) in [7, 11) is -7.31. The third kappa shape index (κ3) is 7.93. The summed E-state index contributed by atoms with van der Waals surface area (Å²) < 4.78 is 58.9. The molecule has 4 N–H and O–H groups in total. The predicted octanol–water partition coefficient (Wildman–Crippen LogP) is 3.08. The van der Waals surface area contributed by atoms with E-state index in [9.17, 15) is 31.8 Å². The number of fused-ring (bicyclic) bond motifs is 1. The van der Waals surface area contributed by atoms with Crippen LogP contribution in [0.25, 0.3) is 10.9 Å². The van der Waals surface area contributed by atoms with Gasteiger partial charge in [0.05, 0.1) is 43.6 Å². The zero-order chi connectivity index (χ0) is 30.5. The van der Waals surface area contributed by atoms with E-state index < -0.39 is 26.0 Å². The Bertz CT molecular complexity index is 1790. The molecule has 0 aliphatic rings. The third-order valence-corrected chi connectivity index (χ3v) is 8.00. The number of H-pyrrole nitrogens is 1. The van der Waals surface area contributed by atoms with Gasteiger partial charge in [0.25, 0.3) is 0 Å². The minimum atomic E-state index is -3.79. The average Bonchev–Trinajstić information content (AvgIpc) is 3.34. The number of carboxylic acid groups (broad SMARTS) is 1. The molecule has 0 amide bonds. The highest BCUT2D eigenvalue weighted by atomic mass is 32.2. The highest BCUT2D eigenvalue weighted by Crippen LogP contribution is 2.32. The van der Waals surface area contributed by atoms with Crippen LogP contribution in [0.4, 0.5) is 17.1 Å². The van der Waals surface area contributed by atoms with Crippen molar-refractivity contribution < 1.29 is 36.6 Å². The van der Waals surface area contributed by atoms with Crippen LogP contribution in [0.1, 0.15) is 16.1 Å². The third-order valence-electron chi connectivity index (χ3n) is 6.27. The summed E-state index contributed by atoms with van der Waals surface area (Å²) in [6, 6.07) is 20.1. The molecule has 224 valence electrons. The molecule has 0 bridgehead atoms. The number of sulfonamides is 2. The fraction of sp³-hybridized carbons (Fsp3) is 0.250. The lowest BCUT2D eigenvalue weighted by atomic mass is 10.2. The van der Waals surface area contributed by atoms with Gasteiger partial charge in [-0.15, -0.1) is 0 Å². The first-order valence-corrected chi connectivity index (χ1v) is 16.6. The number of benzene rings is 3. The van der Waals surface area contributed by atoms with E-state index in [1.54, 1.807) is 66.7 Å². The monoisotopic (exact) mass is 616 g/mol. The number of para-hydroxylation sites is 2. The van der Waals surface area contributed by atoms with Crippen molar-refractivity contribution >= 4 is 54.0 Å². The number of aliphatic hydroxyl groups is 1. The molecule has 4 aromatic rings. The van der Waals surface area contributed by atoms with E-state index in [4.69, 9.17) is 4.74 Å². The molecule has 0 unspecified atom stereocenters. The first-order valence-electron chi connectivity index (χ1n) is 12.8. The fourth-order valence-corrected chi connectivity index (χ4v) is 5.95. The van der Waals surface area contributed by atoms with Gasteiger partial charge in [-0.25, -0.2) is 21.6 Å². The van der Waals surface area contributed by atoms with Crippen LogP contribution in [-0.2, 0) is 26.6 Å². The van der Waals surface area contributed by atoms with Crippen LogP contribution < -0.4 is 18.7 Å². The van der Waals surface area contributed by atoms with Crippen molar-refractivity contribution in [2.45, 2.75) is 6.54 Å². The van der Waals surface area contributed by atoms with Gasteiger partial charge in [-0.2, -0.15) is 0 Å². The summed E-state index contributed by atoms with van der Waals surface area (Å²) in [6.07, 6.45) is 2.13. The van der Waals surface area contributed by atoms with Gasteiger partial charge in [0.2, 0.25) is 20.0 Å². The Morgan fingerprint density at radius 1 is 0.929 bits per heavy atom. The number of rotatable bonds is 14. The SMILES string of the molecule is CS(=O)(=O)Nc1cccc(CN(c2ccccc2N(CCO)CCOc2ccc3cc(C(=O)O)[nH]c3c2)S(C)(=O)=O)c1. The summed E-state index contributed by atoms with van der Waals surface area (Å²) in [4.78, 5) is 15.9. The number of carbonyl (C=O) groups is 1. The zero-order valence-corrected chi connectivity index (χ0v) is 24.7. The van der Waals surface area contributed by atoms with E-state index in [1.165, 1.54) is 10.4 Å². The van der Waals surface area contributed by atoms with E-state index >= 15 is 0 Å². The Morgan fingerprint density at radius 3 is 2.33 bits per heavy atom. The first kappa shape index (κ1) is 30.7. The minimum absolute atomic E-state index is 0.0624. The molecule has 0 saturated heterocycles. The largest absolute Gasteiger partial charge is 0.492 e. The maximum absolute atomic E-state index is 13.0. The van der Waals surface area contributed by atoms with E-state index in [-0.39, 0.29) is 32.0 Å². The molecule has 0 saturated carbocycles. The average molecular weight is 617 g/mol. The topological polar surface area (TPSA) is 169 Å². The molecule has 0 fully saturated rings. The summed E-state index contributed by atoms with van der Waals surface area (Å²) >= 11 is 0. The van der Waals surface area contributed by atoms with Gasteiger partial charge >= 0.3 is 5.97 Å². The molecule has 42 heavy (non-hydrogen) atoms. The smallest absolute Gasteiger partial charge is 0.352 e. The van der Waals surface area contributed by atoms with Crippen molar-refractivity contribution in [3.8, 4) is 5.75 Å². The van der Waals surface area contributed by atoms with Crippen LogP contribution in [0, 0.1) is 0 Å². The molecule has 0 aliphatic carbocycles. The van der Waals surface area contributed by atoms with Crippen LogP contribution in [0.15, 0.2) is 72.8 Å². The number of hydrogen-bond donors (Lipinski definition) is 4. The quantitative estimate of drug-likeness (QED) is 0.166. The Hall–Kier alpha value is -4.27. The van der Waals surface area contributed by atoms with Gasteiger partial charge in [-0.05, 0) is 48.0 Å². The van der Waals surface area contributed by atoms with E-state index in [0.29, 0.717) is 40.4 Å². The van der Waals surface area contributed by atoms with Gasteiger partial charge in [0, 0.05) is 29.2 Å². The number of aromatic nitrogens is 1. The molecule has 14 heteroatoms. The molecule has 0 atom stereocenters. The minimum Gasteiger partial charge on any atom is -0.492 e. The van der Waals surface area contributed by atoms with E-state index in [2.05, 4.69) is 9.71 Å². The van der Waals surface area contributed by atoms with Gasteiger partial charge in [-0.3, -0.25) is 9.03 Å². The second-order valence-corrected chi connectivity index (χ2v) is 13.3. The number of aliphatic hydroxyl groups excluding tert-OH is 1. The van der Waals surface area contributed by atoms with Crippen molar-refractivity contribution in [3.05, 3.63) is 84.1 Å². The van der Waals surface area contributed by atoms with Crippen LogP contribution in [0.5, 0.6) is 5.75 Å². The van der Waals surface area contributed by atoms with Crippen LogP contribution >= 0.6 is 0 Å². The van der Waals surface area contributed by atoms with Crippen molar-refractivity contribution in [2.24, 2.45) is 0 Å². The lowest BCUT2D eigenvalue weighted by Crippen LogP contribution is -2.35. The van der Waals surface area contributed by atoms with Gasteiger partial charge in [0.15, 0.2) is 0 Å². The number of ether oxygens (including phenoxy) is 1. The number of aromatic amines is 1. The Morgan fingerprint density at radius 2 is 1.67 bits per heavy atom. The number of carboxylic acids is 1. The standard InChI is InChI=1S/C28H32N4O8S2/c1-41(36,37)30-22-7-5-6-20(16-22)19-32(42(2,38)39)27-9-4-3-8-26(27)31(12-14-33)13-15-40-23-11-10-21-17-25(28(34)35)29-24(21)18-23/h3-11,16-18,29-30,33H,12-15,19H2,1-2H3,(H,34,35). The molecule has 1 heterocycles. The summed E-state index contributed by atoms with van der Waals surface area (Å²) in [5, 5.41) is 19.7. The molecular weight excluding hydrogens is 584 g/mol. The Labute approximate surface area is 244 Å². The van der Waals surface area contributed by atoms with Crippen LogP contribution in [-0.4, -0.2) is 76.8 Å². The molecule has 4 rings (SSSR count). The molecule has 0 aliphatic heterocycles. The molecule has 0 spiro atoms. The lowest BCUT2D eigenvalue weighted by Gasteiger charge is -2.31. The van der Waals surface area contributed by atoms with Crippen molar-refractivity contribution in [2.75, 3.05) is 52.7 Å². The van der Waals surface area contributed by atoms with E-state index in [1.807, 2.05) is 4.90 Å². The Balaban J connectivity index is 1.56. The molecule has 3 aromatic carbocycles. The van der Waals surface area contributed by atoms with E-state index in [0.717, 1.165) is 17.9 Å². The molecule has 0 radical (unpaired) electrons. The van der Waals surface area contributed by atoms with Crippen molar-refractivity contribution in [1.29, 1.82) is 0 Å². The number of anilines is 3. The predicted molar refractivity (Wildman–Crippen MR) is 162 cm³/mol. The second-order valence-electron chi connectivity index (χ2n) is 9.63. The highest BCUT2D eigenvalue weighted by Gasteiger charge is 2.23. The summed E-state index contributed by atoms with van der Waals surface area (Å²) in [5.41, 5.74) is 2.49. The molecule has 1 aromatic heterocycles. The number of nitrogens with one attached hydrogen (secondary N) is 2. The normalized spacial score (nSPS) is 11.8. The van der Waals surface area contributed by atoms with Gasteiger partial charge in [0.1, 0.15) is 18.1 Å². The first-order chi connectivity index (χ1) is 19.8. The number of aromatic carboxylic acids is 1. The van der Waals surface area contributed by atoms with Crippen molar-refractivity contribution in [3.63, 3.8) is 0 Å². The maximum Gasteiger partial charge on any atom is 0.352 e. The van der Waals surface area contributed by atoms with Crippen LogP contribution in [0.3, 0.4) is 0 Å². The van der Waals surface area contributed by atoms with Gasteiger partial charge < -0.3 is 24.8 Å². The summed E-state index contributed by atoms with van der Waals surface area (Å²) in [6.45, 7) is 0.422. The number of nitrogens with zero attached hydrogens (tertiary/aromatic N) is 2. The molecule has 12 nitrogen and oxygen atoms in total. The van der Waals surface area contributed by atoms with Gasteiger partial charge in [-0.1, -0.05) is 24.3 Å². The number of hydrogen-bond acceptors (Lipinski definition) is 8. The highest BCUT2D eigenvalue weighted by molar-refractivity contribution is 7.92. The maximum atomic E-state index is 13.0. The zero-order valence-electron chi connectivity index (χ0n) is 23.0. The molecular formula is C28H32N4O8S2. The van der Waals surface area contributed by atoms with Crippen LogP contribution in [0.2, 0.25) is 0 Å².